The first-order valence-electron chi connectivity index (χ1n) is 10.3. The zero-order valence-corrected chi connectivity index (χ0v) is 17.1. The molecule has 1 heterocycles. The van der Waals surface area contributed by atoms with Crippen LogP contribution in [0.3, 0.4) is 0 Å². The minimum atomic E-state index is -0.153. The molecule has 4 N–H and O–H groups in total. The zero-order valence-electron chi connectivity index (χ0n) is 17.1. The Hall–Kier alpha value is -2.86. The molecule has 0 saturated carbocycles. The number of nitrogens with zero attached hydrogens (tertiary/aromatic N) is 1. The topological polar surface area (TPSA) is 87.5 Å². The largest absolute Gasteiger partial charge is 0.378 e. The monoisotopic (exact) mass is 394 g/mol. The number of carbonyl (C=O) groups excluding carboxylic acids is 2. The van der Waals surface area contributed by atoms with Gasteiger partial charge in [0.15, 0.2) is 0 Å². The molecule has 3 atom stereocenters. The Morgan fingerprint density at radius 2 is 1.97 bits per heavy atom. The Morgan fingerprint density at radius 1 is 1.21 bits per heavy atom. The summed E-state index contributed by atoms with van der Waals surface area (Å²) in [5.41, 5.74) is 10.4. The summed E-state index contributed by atoms with van der Waals surface area (Å²) in [6.45, 7) is 5.59. The second-order valence-corrected chi connectivity index (χ2v) is 7.42. The first kappa shape index (κ1) is 20.9. The van der Waals surface area contributed by atoms with Crippen LogP contribution in [0, 0.1) is 5.92 Å². The van der Waals surface area contributed by atoms with Crippen molar-refractivity contribution in [2.75, 3.05) is 25.0 Å². The number of amides is 2. The van der Waals surface area contributed by atoms with Crippen molar-refractivity contribution in [1.29, 1.82) is 0 Å². The van der Waals surface area contributed by atoms with E-state index >= 15 is 0 Å². The Labute approximate surface area is 172 Å². The normalized spacial score (nSPS) is 20.3. The van der Waals surface area contributed by atoms with Crippen molar-refractivity contribution in [3.8, 4) is 0 Å². The van der Waals surface area contributed by atoms with Crippen LogP contribution in [-0.2, 0) is 4.79 Å². The molecule has 1 aliphatic rings. The van der Waals surface area contributed by atoms with Gasteiger partial charge in [-0.05, 0) is 42.7 Å². The van der Waals surface area contributed by atoms with E-state index in [1.165, 1.54) is 5.56 Å². The maximum Gasteiger partial charge on any atom is 0.251 e. The van der Waals surface area contributed by atoms with E-state index in [-0.39, 0.29) is 23.9 Å². The van der Waals surface area contributed by atoms with E-state index in [0.29, 0.717) is 25.2 Å². The number of hydrogen-bond acceptors (Lipinski definition) is 4. The van der Waals surface area contributed by atoms with E-state index in [0.717, 1.165) is 24.1 Å². The van der Waals surface area contributed by atoms with Crippen LogP contribution < -0.4 is 16.4 Å². The molecule has 3 unspecified atom stereocenters. The van der Waals surface area contributed by atoms with Crippen LogP contribution in [-0.4, -0.2) is 36.9 Å². The fraction of sp³-hybridized carbons (Fsp3) is 0.391. The van der Waals surface area contributed by atoms with Gasteiger partial charge in [0, 0.05) is 42.8 Å². The summed E-state index contributed by atoms with van der Waals surface area (Å²) in [6.07, 6.45) is 1.73. The lowest BCUT2D eigenvalue weighted by molar-refractivity contribution is -0.117. The fourth-order valence-electron chi connectivity index (χ4n) is 4.00. The summed E-state index contributed by atoms with van der Waals surface area (Å²) in [5, 5.41) is 6.51. The molecule has 3 rings (SSSR count). The van der Waals surface area contributed by atoms with E-state index in [1.807, 2.05) is 43.3 Å². The second-order valence-electron chi connectivity index (χ2n) is 7.42. The van der Waals surface area contributed by atoms with Crippen LogP contribution in [0.25, 0.3) is 0 Å². The molecule has 0 radical (unpaired) electrons. The Morgan fingerprint density at radius 3 is 2.62 bits per heavy atom. The molecule has 2 aromatic rings. The Balaban J connectivity index is 1.76. The summed E-state index contributed by atoms with van der Waals surface area (Å²) < 4.78 is 0. The standard InChI is InChI=1S/C23H30N4O2/c1-3-18-21(24)19-14-17(23(29)25-12-13-27(4-2)15-28)10-11-20(19)26-22(18)16-8-6-5-7-9-16/h5-11,14-15,18,21-22,26H,3-4,12-13,24H2,1-2H3,(H,25,29). The third-order valence-corrected chi connectivity index (χ3v) is 5.74. The average molecular weight is 395 g/mol. The quantitative estimate of drug-likeness (QED) is 0.601. The van der Waals surface area contributed by atoms with Crippen molar-refractivity contribution < 1.29 is 9.59 Å². The number of nitrogens with one attached hydrogen (secondary N) is 2. The number of likely N-dealkylation sites (N-methyl/N-ethyl adjacent to an activating group) is 1. The summed E-state index contributed by atoms with van der Waals surface area (Å²) in [7, 11) is 0. The molecule has 154 valence electrons. The van der Waals surface area contributed by atoms with Gasteiger partial charge in [-0.1, -0.05) is 37.3 Å². The minimum Gasteiger partial charge on any atom is -0.378 e. The van der Waals surface area contributed by atoms with Gasteiger partial charge >= 0.3 is 0 Å². The highest BCUT2D eigenvalue weighted by atomic mass is 16.2. The van der Waals surface area contributed by atoms with Gasteiger partial charge in [0.2, 0.25) is 6.41 Å². The summed E-state index contributed by atoms with van der Waals surface area (Å²) in [4.78, 5) is 25.0. The van der Waals surface area contributed by atoms with Gasteiger partial charge in [0.1, 0.15) is 0 Å². The van der Waals surface area contributed by atoms with Crippen LogP contribution in [0.5, 0.6) is 0 Å². The van der Waals surface area contributed by atoms with Gasteiger partial charge in [-0.15, -0.1) is 0 Å². The molecule has 6 nitrogen and oxygen atoms in total. The van der Waals surface area contributed by atoms with Gasteiger partial charge in [0.25, 0.3) is 5.91 Å². The fourth-order valence-corrected chi connectivity index (χ4v) is 4.00. The molecule has 6 heteroatoms. The van der Waals surface area contributed by atoms with E-state index < -0.39 is 0 Å². The summed E-state index contributed by atoms with van der Waals surface area (Å²) in [5.74, 6) is 0.0779. The number of carbonyl (C=O) groups is 2. The van der Waals surface area contributed by atoms with Gasteiger partial charge in [0.05, 0.1) is 6.04 Å². The van der Waals surface area contributed by atoms with Gasteiger partial charge in [-0.25, -0.2) is 0 Å². The number of hydrogen-bond donors (Lipinski definition) is 3. The predicted molar refractivity (Wildman–Crippen MR) is 116 cm³/mol. The van der Waals surface area contributed by atoms with Crippen molar-refractivity contribution >= 4 is 18.0 Å². The average Bonchev–Trinajstić information content (AvgIpc) is 2.77. The molecular formula is C23H30N4O2. The van der Waals surface area contributed by atoms with Crippen molar-refractivity contribution in [1.82, 2.24) is 10.2 Å². The van der Waals surface area contributed by atoms with Gasteiger partial charge < -0.3 is 21.3 Å². The molecule has 0 spiro atoms. The maximum absolute atomic E-state index is 12.6. The highest BCUT2D eigenvalue weighted by molar-refractivity contribution is 5.95. The summed E-state index contributed by atoms with van der Waals surface area (Å²) >= 11 is 0. The lowest BCUT2D eigenvalue weighted by Gasteiger charge is -2.39. The Kier molecular flexibility index (Phi) is 6.88. The number of fused-ring (bicyclic) bond motifs is 1. The molecular weight excluding hydrogens is 364 g/mol. The van der Waals surface area contributed by atoms with Gasteiger partial charge in [-0.3, -0.25) is 9.59 Å². The van der Waals surface area contributed by atoms with E-state index in [9.17, 15) is 9.59 Å². The molecule has 0 bridgehead atoms. The van der Waals surface area contributed by atoms with Crippen LogP contribution in [0.1, 0.15) is 53.8 Å². The first-order valence-corrected chi connectivity index (χ1v) is 10.3. The third kappa shape index (κ3) is 4.59. The van der Waals surface area contributed by atoms with E-state index in [1.54, 1.807) is 4.90 Å². The number of rotatable bonds is 8. The van der Waals surface area contributed by atoms with Crippen LogP contribution in [0.15, 0.2) is 48.5 Å². The summed E-state index contributed by atoms with van der Waals surface area (Å²) in [6, 6.07) is 16.0. The van der Waals surface area contributed by atoms with E-state index in [2.05, 4.69) is 29.7 Å². The smallest absolute Gasteiger partial charge is 0.251 e. The minimum absolute atomic E-state index is 0.145. The van der Waals surface area contributed by atoms with Crippen LogP contribution >= 0.6 is 0 Å². The zero-order chi connectivity index (χ0) is 20.8. The number of nitrogens with two attached hydrogens (primary N) is 1. The van der Waals surface area contributed by atoms with Crippen LogP contribution in [0.2, 0.25) is 0 Å². The van der Waals surface area contributed by atoms with Crippen molar-refractivity contribution in [3.05, 3.63) is 65.2 Å². The molecule has 0 aromatic heterocycles. The lowest BCUT2D eigenvalue weighted by Crippen LogP contribution is -2.36. The lowest BCUT2D eigenvalue weighted by atomic mass is 9.78. The van der Waals surface area contributed by atoms with Crippen molar-refractivity contribution in [2.24, 2.45) is 11.7 Å². The molecule has 2 aromatic carbocycles. The molecule has 29 heavy (non-hydrogen) atoms. The Bertz CT molecular complexity index is 840. The maximum atomic E-state index is 12.6. The third-order valence-electron chi connectivity index (χ3n) is 5.74. The van der Waals surface area contributed by atoms with Crippen molar-refractivity contribution in [2.45, 2.75) is 32.4 Å². The molecule has 0 saturated heterocycles. The number of benzene rings is 2. The van der Waals surface area contributed by atoms with Gasteiger partial charge in [-0.2, -0.15) is 0 Å². The molecule has 2 amide bonds. The highest BCUT2D eigenvalue weighted by Crippen LogP contribution is 2.43. The highest BCUT2D eigenvalue weighted by Gasteiger charge is 2.34. The molecule has 0 aliphatic carbocycles. The molecule has 0 fully saturated rings. The molecule has 1 aliphatic heterocycles. The van der Waals surface area contributed by atoms with Crippen molar-refractivity contribution in [3.63, 3.8) is 0 Å². The SMILES string of the molecule is CCC1C(N)c2cc(C(=O)NCCN(C=O)CC)ccc2NC1c1ccccc1. The number of anilines is 1. The first-order chi connectivity index (χ1) is 14.1. The second kappa shape index (κ2) is 9.56. The predicted octanol–water partition coefficient (Wildman–Crippen LogP) is 3.09. The van der Waals surface area contributed by atoms with Crippen LogP contribution in [0.4, 0.5) is 5.69 Å². The van der Waals surface area contributed by atoms with E-state index in [4.69, 9.17) is 5.73 Å².